The van der Waals surface area contributed by atoms with Crippen molar-refractivity contribution in [1.29, 1.82) is 5.26 Å². The van der Waals surface area contributed by atoms with Gasteiger partial charge in [-0.05, 0) is 12.1 Å². The minimum atomic E-state index is 0.263. The molecule has 0 aromatic carbocycles. The molecule has 0 spiro atoms. The fraction of sp³-hybridized carbons (Fsp3) is 0.273. The van der Waals surface area contributed by atoms with E-state index in [0.29, 0.717) is 12.2 Å². The van der Waals surface area contributed by atoms with Gasteiger partial charge in [-0.1, -0.05) is 0 Å². The lowest BCUT2D eigenvalue weighted by molar-refractivity contribution is 0.556. The highest BCUT2D eigenvalue weighted by atomic mass is 15.3. The van der Waals surface area contributed by atoms with Crippen molar-refractivity contribution in [1.82, 2.24) is 19.7 Å². The Hall–Kier alpha value is -2.62. The number of hydrogen-bond donors (Lipinski definition) is 1. The highest BCUT2D eigenvalue weighted by Gasteiger charge is 2.19. The molecule has 7 heteroatoms. The number of nitriles is 1. The maximum absolute atomic E-state index is 8.93. The normalized spacial score (nSPS) is 14.1. The average molecular weight is 241 g/mol. The Bertz CT molecular complexity index is 625. The molecule has 2 aromatic rings. The van der Waals surface area contributed by atoms with Crippen LogP contribution in [0.5, 0.6) is 0 Å². The van der Waals surface area contributed by atoms with Crippen LogP contribution < -0.4 is 10.6 Å². The SMILES string of the molecule is N#Cc1nc(N2CCn3cnnc3C2)ccc1N. The number of anilines is 2. The van der Waals surface area contributed by atoms with Gasteiger partial charge < -0.3 is 15.2 Å². The van der Waals surface area contributed by atoms with Crippen LogP contribution in [0.15, 0.2) is 18.5 Å². The van der Waals surface area contributed by atoms with Crippen LogP contribution in [-0.2, 0) is 13.1 Å². The van der Waals surface area contributed by atoms with Crippen LogP contribution in [0.25, 0.3) is 0 Å². The number of nitrogen functional groups attached to an aromatic ring is 1. The summed E-state index contributed by atoms with van der Waals surface area (Å²) in [6, 6.07) is 5.52. The minimum Gasteiger partial charge on any atom is -0.396 e. The van der Waals surface area contributed by atoms with Gasteiger partial charge in [0.2, 0.25) is 0 Å². The third kappa shape index (κ3) is 1.64. The van der Waals surface area contributed by atoms with Gasteiger partial charge in [-0.2, -0.15) is 5.26 Å². The summed E-state index contributed by atoms with van der Waals surface area (Å²) in [5.41, 5.74) is 6.33. The molecule has 0 aliphatic carbocycles. The van der Waals surface area contributed by atoms with Crippen LogP contribution >= 0.6 is 0 Å². The number of pyridine rings is 1. The Morgan fingerprint density at radius 2 is 2.22 bits per heavy atom. The summed E-state index contributed by atoms with van der Waals surface area (Å²) < 4.78 is 2.01. The lowest BCUT2D eigenvalue weighted by atomic mass is 10.3. The Kier molecular flexibility index (Phi) is 2.34. The number of rotatable bonds is 1. The monoisotopic (exact) mass is 241 g/mol. The molecule has 3 rings (SSSR count). The van der Waals surface area contributed by atoms with E-state index in [9.17, 15) is 0 Å². The molecule has 90 valence electrons. The molecule has 0 saturated heterocycles. The van der Waals surface area contributed by atoms with E-state index in [0.717, 1.165) is 24.7 Å². The molecule has 0 amide bonds. The molecule has 0 saturated carbocycles. The molecule has 0 radical (unpaired) electrons. The number of nitrogens with zero attached hydrogens (tertiary/aromatic N) is 6. The van der Waals surface area contributed by atoms with Crippen LogP contribution in [0.4, 0.5) is 11.5 Å². The maximum atomic E-state index is 8.93. The number of fused-ring (bicyclic) bond motifs is 1. The molecular weight excluding hydrogens is 230 g/mol. The summed E-state index contributed by atoms with van der Waals surface area (Å²) in [4.78, 5) is 6.31. The Balaban J connectivity index is 1.91. The van der Waals surface area contributed by atoms with E-state index < -0.39 is 0 Å². The zero-order valence-corrected chi connectivity index (χ0v) is 9.61. The van der Waals surface area contributed by atoms with E-state index in [2.05, 4.69) is 20.1 Å². The van der Waals surface area contributed by atoms with Crippen LogP contribution in [0.1, 0.15) is 11.5 Å². The molecule has 0 bridgehead atoms. The molecule has 0 atom stereocenters. The predicted molar refractivity (Wildman–Crippen MR) is 64.4 cm³/mol. The third-order valence-electron chi connectivity index (χ3n) is 2.98. The topological polar surface area (TPSA) is 96.6 Å². The second-order valence-corrected chi connectivity index (χ2v) is 4.08. The van der Waals surface area contributed by atoms with Crippen molar-refractivity contribution in [2.45, 2.75) is 13.1 Å². The Labute approximate surface area is 103 Å². The van der Waals surface area contributed by atoms with Crippen molar-refractivity contribution in [3.05, 3.63) is 30.0 Å². The van der Waals surface area contributed by atoms with Gasteiger partial charge in [0.05, 0.1) is 12.2 Å². The lowest BCUT2D eigenvalue weighted by Crippen LogP contribution is -2.34. The van der Waals surface area contributed by atoms with Crippen molar-refractivity contribution in [2.24, 2.45) is 0 Å². The van der Waals surface area contributed by atoms with Gasteiger partial charge in [0.25, 0.3) is 0 Å². The summed E-state index contributed by atoms with van der Waals surface area (Å²) in [5, 5.41) is 16.8. The molecule has 3 heterocycles. The number of hydrogen-bond acceptors (Lipinski definition) is 6. The molecule has 0 fully saturated rings. The standard InChI is InChI=1S/C11H11N7/c12-5-9-8(13)1-2-10(15-9)17-3-4-18-7-14-16-11(18)6-17/h1-2,7H,3-4,6,13H2. The predicted octanol–water partition coefficient (Wildman–Crippen LogP) is 0.147. The van der Waals surface area contributed by atoms with E-state index in [1.807, 2.05) is 16.7 Å². The van der Waals surface area contributed by atoms with Crippen molar-refractivity contribution in [3.8, 4) is 6.07 Å². The fourth-order valence-electron chi connectivity index (χ4n) is 1.99. The fourth-order valence-corrected chi connectivity index (χ4v) is 1.99. The first-order valence-electron chi connectivity index (χ1n) is 5.56. The molecule has 2 aromatic heterocycles. The zero-order chi connectivity index (χ0) is 12.5. The summed E-state index contributed by atoms with van der Waals surface area (Å²) in [7, 11) is 0. The van der Waals surface area contributed by atoms with E-state index in [-0.39, 0.29) is 5.69 Å². The molecule has 1 aliphatic heterocycles. The summed E-state index contributed by atoms with van der Waals surface area (Å²) in [6.45, 7) is 2.27. The zero-order valence-electron chi connectivity index (χ0n) is 9.61. The minimum absolute atomic E-state index is 0.263. The first-order valence-corrected chi connectivity index (χ1v) is 5.56. The third-order valence-corrected chi connectivity index (χ3v) is 2.98. The quantitative estimate of drug-likeness (QED) is 0.763. The highest BCUT2D eigenvalue weighted by Crippen LogP contribution is 2.20. The Morgan fingerprint density at radius 3 is 3.06 bits per heavy atom. The Morgan fingerprint density at radius 1 is 1.33 bits per heavy atom. The highest BCUT2D eigenvalue weighted by molar-refractivity contribution is 5.55. The molecule has 2 N–H and O–H groups in total. The largest absolute Gasteiger partial charge is 0.396 e. The van der Waals surface area contributed by atoms with Gasteiger partial charge in [-0.3, -0.25) is 0 Å². The van der Waals surface area contributed by atoms with E-state index in [4.69, 9.17) is 11.0 Å². The second-order valence-electron chi connectivity index (χ2n) is 4.08. The first kappa shape index (κ1) is 10.5. The van der Waals surface area contributed by atoms with Gasteiger partial charge in [0, 0.05) is 13.1 Å². The average Bonchev–Trinajstić information content (AvgIpc) is 2.86. The van der Waals surface area contributed by atoms with Crippen molar-refractivity contribution < 1.29 is 0 Å². The molecule has 7 nitrogen and oxygen atoms in total. The van der Waals surface area contributed by atoms with Gasteiger partial charge in [0.15, 0.2) is 11.5 Å². The molecule has 18 heavy (non-hydrogen) atoms. The van der Waals surface area contributed by atoms with Crippen LogP contribution in [0, 0.1) is 11.3 Å². The number of aromatic nitrogens is 4. The molecular formula is C11H11N7. The van der Waals surface area contributed by atoms with Crippen LogP contribution in [-0.4, -0.2) is 26.3 Å². The van der Waals surface area contributed by atoms with Crippen molar-refractivity contribution >= 4 is 11.5 Å². The van der Waals surface area contributed by atoms with E-state index in [1.165, 1.54) is 0 Å². The van der Waals surface area contributed by atoms with Gasteiger partial charge in [-0.25, -0.2) is 4.98 Å². The maximum Gasteiger partial charge on any atom is 0.165 e. The van der Waals surface area contributed by atoms with Crippen LogP contribution in [0.3, 0.4) is 0 Å². The van der Waals surface area contributed by atoms with E-state index in [1.54, 1.807) is 12.4 Å². The van der Waals surface area contributed by atoms with Crippen LogP contribution in [0.2, 0.25) is 0 Å². The molecule has 0 unspecified atom stereocenters. The van der Waals surface area contributed by atoms with Gasteiger partial charge in [0.1, 0.15) is 18.2 Å². The van der Waals surface area contributed by atoms with Crippen molar-refractivity contribution in [2.75, 3.05) is 17.2 Å². The first-order chi connectivity index (χ1) is 8.78. The second kappa shape index (κ2) is 4.00. The summed E-state index contributed by atoms with van der Waals surface area (Å²) >= 11 is 0. The van der Waals surface area contributed by atoms with Gasteiger partial charge in [-0.15, -0.1) is 10.2 Å². The summed E-state index contributed by atoms with van der Waals surface area (Å²) in [6.07, 6.45) is 1.73. The summed E-state index contributed by atoms with van der Waals surface area (Å²) in [5.74, 6) is 1.65. The van der Waals surface area contributed by atoms with Crippen molar-refractivity contribution in [3.63, 3.8) is 0 Å². The molecule has 1 aliphatic rings. The smallest absolute Gasteiger partial charge is 0.165 e. The van der Waals surface area contributed by atoms with Gasteiger partial charge >= 0.3 is 0 Å². The number of nitrogens with two attached hydrogens (primary N) is 1. The van der Waals surface area contributed by atoms with E-state index >= 15 is 0 Å². The lowest BCUT2D eigenvalue weighted by Gasteiger charge is -2.28.